The topological polar surface area (TPSA) is 105 Å². The fraction of sp³-hybridized carbons (Fsp3) is 0.353. The molecule has 0 aliphatic carbocycles. The summed E-state index contributed by atoms with van der Waals surface area (Å²) in [4.78, 5) is 24.8. The molecule has 132 valence electrons. The number of hydrogen-bond acceptors (Lipinski definition) is 6. The van der Waals surface area contributed by atoms with Crippen LogP contribution in [0.5, 0.6) is 5.75 Å². The van der Waals surface area contributed by atoms with Crippen LogP contribution in [0.2, 0.25) is 0 Å². The van der Waals surface area contributed by atoms with E-state index < -0.39 is 5.97 Å². The molecule has 0 bridgehead atoms. The van der Waals surface area contributed by atoms with Crippen molar-refractivity contribution < 1.29 is 24.0 Å². The van der Waals surface area contributed by atoms with E-state index in [2.05, 4.69) is 10.5 Å². The normalized spacial score (nSPS) is 16.7. The number of aromatic nitrogens is 1. The number of methoxy groups -OCH3 is 1. The lowest BCUT2D eigenvalue weighted by Gasteiger charge is -2.16. The molecular weight excluding hydrogens is 326 g/mol. The summed E-state index contributed by atoms with van der Waals surface area (Å²) >= 11 is 0. The molecule has 0 saturated carbocycles. The minimum Gasteiger partial charge on any atom is -0.497 e. The number of aromatic carboxylic acids is 1. The molecule has 1 aromatic heterocycles. The molecule has 0 radical (unpaired) electrons. The summed E-state index contributed by atoms with van der Waals surface area (Å²) in [6.45, 7) is 2.55. The van der Waals surface area contributed by atoms with Gasteiger partial charge in [0.05, 0.1) is 7.11 Å². The van der Waals surface area contributed by atoms with Gasteiger partial charge in [-0.2, -0.15) is 0 Å². The van der Waals surface area contributed by atoms with Crippen molar-refractivity contribution in [1.29, 1.82) is 0 Å². The number of carboxylic acid groups (broad SMARTS) is 1. The van der Waals surface area contributed by atoms with E-state index in [4.69, 9.17) is 9.26 Å². The SMILES string of the molecule is COc1ccc(-c2onc(N3CCC(NC(C)=O)C3)c2C(=O)O)cc1. The number of ether oxygens (including phenoxy) is 1. The van der Waals surface area contributed by atoms with Crippen LogP contribution < -0.4 is 15.0 Å². The maximum absolute atomic E-state index is 11.8. The van der Waals surface area contributed by atoms with Crippen LogP contribution in [0.1, 0.15) is 23.7 Å². The van der Waals surface area contributed by atoms with Crippen molar-refractivity contribution in [2.24, 2.45) is 0 Å². The van der Waals surface area contributed by atoms with Crippen LogP contribution in [0.25, 0.3) is 11.3 Å². The summed E-state index contributed by atoms with van der Waals surface area (Å²) in [5, 5.41) is 16.5. The monoisotopic (exact) mass is 345 g/mol. The van der Waals surface area contributed by atoms with E-state index in [-0.39, 0.29) is 29.1 Å². The highest BCUT2D eigenvalue weighted by atomic mass is 16.5. The van der Waals surface area contributed by atoms with Gasteiger partial charge in [0, 0.05) is 31.6 Å². The van der Waals surface area contributed by atoms with Gasteiger partial charge in [0.15, 0.2) is 17.1 Å². The predicted molar refractivity (Wildman–Crippen MR) is 89.9 cm³/mol. The fourth-order valence-corrected chi connectivity index (χ4v) is 2.99. The lowest BCUT2D eigenvalue weighted by atomic mass is 10.1. The molecule has 1 aliphatic heterocycles. The zero-order chi connectivity index (χ0) is 18.0. The van der Waals surface area contributed by atoms with Crippen LogP contribution in [0.15, 0.2) is 28.8 Å². The number of carbonyl (C=O) groups excluding carboxylic acids is 1. The van der Waals surface area contributed by atoms with Crippen molar-refractivity contribution in [1.82, 2.24) is 10.5 Å². The minimum atomic E-state index is -1.11. The van der Waals surface area contributed by atoms with Gasteiger partial charge in [-0.15, -0.1) is 0 Å². The molecule has 25 heavy (non-hydrogen) atoms. The van der Waals surface area contributed by atoms with Gasteiger partial charge in [0.1, 0.15) is 5.75 Å². The minimum absolute atomic E-state index is 0.0219. The number of nitrogens with one attached hydrogen (secondary N) is 1. The van der Waals surface area contributed by atoms with Crippen LogP contribution >= 0.6 is 0 Å². The Labute approximate surface area is 144 Å². The molecule has 1 atom stereocenters. The highest BCUT2D eigenvalue weighted by Gasteiger charge is 2.32. The van der Waals surface area contributed by atoms with Crippen molar-refractivity contribution in [3.05, 3.63) is 29.8 Å². The number of nitrogens with zero attached hydrogens (tertiary/aromatic N) is 2. The van der Waals surface area contributed by atoms with Gasteiger partial charge >= 0.3 is 5.97 Å². The maximum Gasteiger partial charge on any atom is 0.343 e. The van der Waals surface area contributed by atoms with E-state index >= 15 is 0 Å². The molecule has 1 unspecified atom stereocenters. The van der Waals surface area contributed by atoms with Crippen molar-refractivity contribution >= 4 is 17.7 Å². The molecule has 2 N–H and O–H groups in total. The molecule has 3 rings (SSSR count). The molecule has 1 amide bonds. The average Bonchev–Trinajstić information content (AvgIpc) is 3.20. The number of rotatable bonds is 5. The highest BCUT2D eigenvalue weighted by molar-refractivity contribution is 5.99. The molecule has 2 heterocycles. The number of benzene rings is 1. The van der Waals surface area contributed by atoms with Gasteiger partial charge in [0.2, 0.25) is 5.91 Å². The van der Waals surface area contributed by atoms with Crippen LogP contribution in [-0.4, -0.2) is 48.4 Å². The second-order valence-electron chi connectivity index (χ2n) is 5.88. The highest BCUT2D eigenvalue weighted by Crippen LogP contribution is 2.33. The molecule has 1 aliphatic rings. The van der Waals surface area contributed by atoms with E-state index in [1.54, 1.807) is 31.4 Å². The molecule has 1 aromatic carbocycles. The van der Waals surface area contributed by atoms with Crippen molar-refractivity contribution in [2.45, 2.75) is 19.4 Å². The standard InChI is InChI=1S/C17H19N3O5/c1-10(21)18-12-7-8-20(9-12)16-14(17(22)23)15(25-19-16)11-3-5-13(24-2)6-4-11/h3-6,12H,7-9H2,1-2H3,(H,18,21)(H,22,23). The summed E-state index contributed by atoms with van der Waals surface area (Å²) in [6, 6.07) is 6.87. The Hall–Kier alpha value is -3.03. The van der Waals surface area contributed by atoms with E-state index in [9.17, 15) is 14.7 Å². The Balaban J connectivity index is 1.90. The maximum atomic E-state index is 11.8. The van der Waals surface area contributed by atoms with Gasteiger partial charge < -0.3 is 24.6 Å². The van der Waals surface area contributed by atoms with E-state index in [1.807, 2.05) is 4.90 Å². The first kappa shape index (κ1) is 16.8. The summed E-state index contributed by atoms with van der Waals surface area (Å²) in [5.74, 6) is -0.0632. The first-order valence-corrected chi connectivity index (χ1v) is 7.89. The van der Waals surface area contributed by atoms with Crippen molar-refractivity contribution in [3.63, 3.8) is 0 Å². The third kappa shape index (κ3) is 3.42. The fourth-order valence-electron chi connectivity index (χ4n) is 2.99. The van der Waals surface area contributed by atoms with Gasteiger partial charge in [-0.25, -0.2) is 4.79 Å². The zero-order valence-corrected chi connectivity index (χ0v) is 14.0. The van der Waals surface area contributed by atoms with Gasteiger partial charge in [-0.3, -0.25) is 4.79 Å². The number of carboxylic acids is 1. The van der Waals surface area contributed by atoms with Gasteiger partial charge in [-0.05, 0) is 30.7 Å². The second kappa shape index (κ2) is 6.84. The zero-order valence-electron chi connectivity index (χ0n) is 14.0. The Morgan fingerprint density at radius 1 is 1.36 bits per heavy atom. The largest absolute Gasteiger partial charge is 0.497 e. The Kier molecular flexibility index (Phi) is 4.60. The molecule has 1 fully saturated rings. The Morgan fingerprint density at radius 3 is 2.68 bits per heavy atom. The quantitative estimate of drug-likeness (QED) is 0.851. The summed E-state index contributed by atoms with van der Waals surface area (Å²) in [6.07, 6.45) is 0.726. The summed E-state index contributed by atoms with van der Waals surface area (Å²) in [5.41, 5.74) is 0.628. The van der Waals surface area contributed by atoms with Crippen LogP contribution in [0.3, 0.4) is 0 Å². The number of hydrogen-bond donors (Lipinski definition) is 2. The van der Waals surface area contributed by atoms with Crippen molar-refractivity contribution in [3.8, 4) is 17.1 Å². The number of amides is 1. The molecule has 1 saturated heterocycles. The van der Waals surface area contributed by atoms with Crippen LogP contribution in [0.4, 0.5) is 5.82 Å². The molecule has 0 spiro atoms. The van der Waals surface area contributed by atoms with E-state index in [0.29, 0.717) is 24.4 Å². The first-order valence-electron chi connectivity index (χ1n) is 7.89. The third-order valence-corrected chi connectivity index (χ3v) is 4.14. The Morgan fingerprint density at radius 2 is 2.08 bits per heavy atom. The second-order valence-corrected chi connectivity index (χ2v) is 5.88. The van der Waals surface area contributed by atoms with Gasteiger partial charge in [-0.1, -0.05) is 5.16 Å². The van der Waals surface area contributed by atoms with E-state index in [0.717, 1.165) is 6.42 Å². The third-order valence-electron chi connectivity index (χ3n) is 4.14. The molecule has 8 heteroatoms. The molecule has 8 nitrogen and oxygen atoms in total. The average molecular weight is 345 g/mol. The van der Waals surface area contributed by atoms with Gasteiger partial charge in [0.25, 0.3) is 0 Å². The summed E-state index contributed by atoms with van der Waals surface area (Å²) in [7, 11) is 1.56. The number of anilines is 1. The molecular formula is C17H19N3O5. The summed E-state index contributed by atoms with van der Waals surface area (Å²) < 4.78 is 10.5. The molecule has 2 aromatic rings. The Bertz CT molecular complexity index is 784. The van der Waals surface area contributed by atoms with E-state index in [1.165, 1.54) is 6.92 Å². The lowest BCUT2D eigenvalue weighted by Crippen LogP contribution is -2.35. The lowest BCUT2D eigenvalue weighted by molar-refractivity contribution is -0.119. The number of carbonyl (C=O) groups is 2. The van der Waals surface area contributed by atoms with Crippen molar-refractivity contribution in [2.75, 3.05) is 25.1 Å². The smallest absolute Gasteiger partial charge is 0.343 e. The van der Waals surface area contributed by atoms with Crippen LogP contribution in [-0.2, 0) is 4.79 Å². The first-order chi connectivity index (χ1) is 12.0. The predicted octanol–water partition coefficient (Wildman–Crippen LogP) is 1.76. The van der Waals surface area contributed by atoms with Crippen LogP contribution in [0, 0.1) is 0 Å².